The van der Waals surface area contributed by atoms with E-state index in [4.69, 9.17) is 11.6 Å². The molecule has 0 aliphatic heterocycles. The maximum Gasteiger partial charge on any atom is 0.282 e. The second-order valence-electron chi connectivity index (χ2n) is 4.57. The number of hydrogen-bond acceptors (Lipinski definition) is 4. The number of nitro benzene ring substituents is 1. The summed E-state index contributed by atoms with van der Waals surface area (Å²) in [4.78, 5) is 33.8. The van der Waals surface area contributed by atoms with Gasteiger partial charge >= 0.3 is 0 Å². The van der Waals surface area contributed by atoms with Crippen molar-refractivity contribution < 1.29 is 14.5 Å². The third-order valence-electron chi connectivity index (χ3n) is 2.96. The first-order valence-corrected chi connectivity index (χ1v) is 7.13. The molecule has 0 spiro atoms. The number of halogens is 1. The van der Waals surface area contributed by atoms with Crippen LogP contribution in [0, 0.1) is 10.1 Å². The maximum atomic E-state index is 11.9. The van der Waals surface area contributed by atoms with E-state index in [0.717, 1.165) is 0 Å². The molecule has 0 fully saturated rings. The highest BCUT2D eigenvalue weighted by atomic mass is 35.5. The lowest BCUT2D eigenvalue weighted by atomic mass is 10.2. The number of rotatable bonds is 4. The lowest BCUT2D eigenvalue weighted by molar-refractivity contribution is -0.385. The molecular weight excluding hydrogens is 334 g/mol. The molecule has 8 heteroatoms. The molecule has 7 nitrogen and oxygen atoms in total. The van der Waals surface area contributed by atoms with Crippen LogP contribution in [0.3, 0.4) is 0 Å². The van der Waals surface area contributed by atoms with Crippen LogP contribution in [-0.2, 0) is 4.79 Å². The van der Waals surface area contributed by atoms with Crippen molar-refractivity contribution in [3.05, 3.63) is 80.9 Å². The minimum atomic E-state index is -0.790. The first-order chi connectivity index (χ1) is 11.5. The van der Waals surface area contributed by atoms with Crippen LogP contribution in [0.5, 0.6) is 0 Å². The smallest absolute Gasteiger partial charge is 0.268 e. The number of carbonyl (C=O) groups is 2. The van der Waals surface area contributed by atoms with Crippen LogP contribution < -0.4 is 10.9 Å². The first kappa shape index (κ1) is 17.2. The third-order valence-corrected chi connectivity index (χ3v) is 3.31. The third kappa shape index (κ3) is 4.40. The lowest BCUT2D eigenvalue weighted by Crippen LogP contribution is -2.40. The Labute approximate surface area is 142 Å². The van der Waals surface area contributed by atoms with Gasteiger partial charge in [0.15, 0.2) is 0 Å². The Balaban J connectivity index is 1.98. The number of carbonyl (C=O) groups excluding carboxylic acids is 2. The van der Waals surface area contributed by atoms with E-state index in [9.17, 15) is 19.7 Å². The Morgan fingerprint density at radius 1 is 1.04 bits per heavy atom. The summed E-state index contributed by atoms with van der Waals surface area (Å²) in [6.45, 7) is 0. The molecule has 0 saturated heterocycles. The van der Waals surface area contributed by atoms with Gasteiger partial charge in [-0.15, -0.1) is 0 Å². The number of benzene rings is 2. The van der Waals surface area contributed by atoms with Crippen LogP contribution >= 0.6 is 11.6 Å². The SMILES string of the molecule is O=C(C=Cc1ccccc1Cl)NNC(=O)c1ccccc1[N+](=O)[O-]. The number of hydrazine groups is 1. The predicted molar refractivity (Wildman–Crippen MR) is 89.2 cm³/mol. The maximum absolute atomic E-state index is 11.9. The van der Waals surface area contributed by atoms with Crippen molar-refractivity contribution in [1.82, 2.24) is 10.9 Å². The molecule has 0 heterocycles. The van der Waals surface area contributed by atoms with Gasteiger partial charge in [-0.05, 0) is 23.8 Å². The standard InChI is InChI=1S/C16H12ClN3O4/c17-13-7-3-1-5-11(13)9-10-15(21)18-19-16(22)12-6-2-4-8-14(12)20(23)24/h1-10H,(H,18,21)(H,19,22). The lowest BCUT2D eigenvalue weighted by Gasteiger charge is -2.05. The summed E-state index contributed by atoms with van der Waals surface area (Å²) in [6, 6.07) is 12.3. The van der Waals surface area contributed by atoms with Crippen molar-refractivity contribution in [2.24, 2.45) is 0 Å². The fraction of sp³-hybridized carbons (Fsp3) is 0. The topological polar surface area (TPSA) is 101 Å². The van der Waals surface area contributed by atoms with E-state index in [0.29, 0.717) is 10.6 Å². The van der Waals surface area contributed by atoms with Gasteiger partial charge in [-0.25, -0.2) is 0 Å². The second-order valence-corrected chi connectivity index (χ2v) is 4.98. The van der Waals surface area contributed by atoms with E-state index in [2.05, 4.69) is 10.9 Å². The van der Waals surface area contributed by atoms with Gasteiger partial charge in [0.25, 0.3) is 17.5 Å². The van der Waals surface area contributed by atoms with Gasteiger partial charge in [-0.2, -0.15) is 0 Å². The molecule has 0 saturated carbocycles. The molecule has 24 heavy (non-hydrogen) atoms. The predicted octanol–water partition coefficient (Wildman–Crippen LogP) is 2.72. The van der Waals surface area contributed by atoms with Crippen LogP contribution in [0.1, 0.15) is 15.9 Å². The summed E-state index contributed by atoms with van der Waals surface area (Å²) in [6.07, 6.45) is 2.66. The molecule has 0 aliphatic carbocycles. The van der Waals surface area contributed by atoms with Gasteiger partial charge in [-0.1, -0.05) is 41.9 Å². The van der Waals surface area contributed by atoms with Crippen LogP contribution in [0.25, 0.3) is 6.08 Å². The molecule has 0 atom stereocenters. The van der Waals surface area contributed by atoms with E-state index < -0.39 is 16.7 Å². The average molecular weight is 346 g/mol. The highest BCUT2D eigenvalue weighted by molar-refractivity contribution is 6.32. The molecule has 0 bridgehead atoms. The fourth-order valence-electron chi connectivity index (χ4n) is 1.83. The number of nitrogens with one attached hydrogen (secondary N) is 2. The normalized spacial score (nSPS) is 10.4. The molecule has 2 N–H and O–H groups in total. The zero-order valence-corrected chi connectivity index (χ0v) is 13.0. The molecule has 2 amide bonds. The quantitative estimate of drug-likeness (QED) is 0.505. The van der Waals surface area contributed by atoms with Crippen LogP contribution in [0.4, 0.5) is 5.69 Å². The molecule has 2 aromatic carbocycles. The summed E-state index contributed by atoms with van der Waals surface area (Å²) >= 11 is 5.95. The van der Waals surface area contributed by atoms with Gasteiger partial charge < -0.3 is 0 Å². The van der Waals surface area contributed by atoms with Gasteiger partial charge in [0, 0.05) is 17.2 Å². The Hall–Kier alpha value is -3.19. The van der Waals surface area contributed by atoms with E-state index in [1.54, 1.807) is 24.3 Å². The summed E-state index contributed by atoms with van der Waals surface area (Å²) in [7, 11) is 0. The second kappa shape index (κ2) is 7.89. The molecule has 0 unspecified atom stereocenters. The molecule has 2 aromatic rings. The minimum Gasteiger partial charge on any atom is -0.268 e. The van der Waals surface area contributed by atoms with E-state index in [-0.39, 0.29) is 11.3 Å². The molecule has 0 aliphatic rings. The number of hydrogen-bond donors (Lipinski definition) is 2. The number of nitro groups is 1. The van der Waals surface area contributed by atoms with E-state index in [1.807, 2.05) is 0 Å². The summed E-state index contributed by atoms with van der Waals surface area (Å²) < 4.78 is 0. The van der Waals surface area contributed by atoms with Gasteiger partial charge in [0.2, 0.25) is 0 Å². The summed E-state index contributed by atoms with van der Waals surface area (Å²) in [5.74, 6) is -1.40. The van der Waals surface area contributed by atoms with E-state index >= 15 is 0 Å². The molecule has 122 valence electrons. The molecular formula is C16H12ClN3O4. The van der Waals surface area contributed by atoms with Crippen LogP contribution in [-0.4, -0.2) is 16.7 Å². The Morgan fingerprint density at radius 2 is 1.71 bits per heavy atom. The van der Waals surface area contributed by atoms with Crippen molar-refractivity contribution >= 4 is 35.2 Å². The summed E-state index contributed by atoms with van der Waals surface area (Å²) in [5, 5.41) is 11.3. The average Bonchev–Trinajstić information content (AvgIpc) is 2.59. The van der Waals surface area contributed by atoms with Crippen molar-refractivity contribution in [1.29, 1.82) is 0 Å². The highest BCUT2D eigenvalue weighted by Crippen LogP contribution is 2.17. The van der Waals surface area contributed by atoms with Crippen molar-refractivity contribution in [2.45, 2.75) is 0 Å². The molecule has 0 radical (unpaired) electrons. The molecule has 2 rings (SSSR count). The number of nitrogens with zero attached hydrogens (tertiary/aromatic N) is 1. The Kier molecular flexibility index (Phi) is 5.64. The van der Waals surface area contributed by atoms with Crippen molar-refractivity contribution in [3.8, 4) is 0 Å². The largest absolute Gasteiger partial charge is 0.282 e. The van der Waals surface area contributed by atoms with Crippen LogP contribution in [0.15, 0.2) is 54.6 Å². The van der Waals surface area contributed by atoms with Crippen molar-refractivity contribution in [2.75, 3.05) is 0 Å². The van der Waals surface area contributed by atoms with Gasteiger partial charge in [0.1, 0.15) is 5.56 Å². The summed E-state index contributed by atoms with van der Waals surface area (Å²) in [5.41, 5.74) is 4.40. The zero-order chi connectivity index (χ0) is 17.5. The zero-order valence-electron chi connectivity index (χ0n) is 12.2. The number of para-hydroxylation sites is 1. The Morgan fingerprint density at radius 3 is 2.42 bits per heavy atom. The van der Waals surface area contributed by atoms with Gasteiger partial charge in [-0.3, -0.25) is 30.6 Å². The monoisotopic (exact) mass is 345 g/mol. The van der Waals surface area contributed by atoms with Crippen molar-refractivity contribution in [3.63, 3.8) is 0 Å². The highest BCUT2D eigenvalue weighted by Gasteiger charge is 2.19. The molecule has 0 aromatic heterocycles. The van der Waals surface area contributed by atoms with Crippen LogP contribution in [0.2, 0.25) is 5.02 Å². The fourth-order valence-corrected chi connectivity index (χ4v) is 2.03. The minimum absolute atomic E-state index is 0.155. The van der Waals surface area contributed by atoms with E-state index in [1.165, 1.54) is 36.4 Å². The van der Waals surface area contributed by atoms with Gasteiger partial charge in [0.05, 0.1) is 4.92 Å². The Bertz CT molecular complexity index is 820. The number of amides is 2. The first-order valence-electron chi connectivity index (χ1n) is 6.75.